The first-order valence-corrected chi connectivity index (χ1v) is 3.61. The van der Waals surface area contributed by atoms with E-state index in [4.69, 9.17) is 4.74 Å². The second kappa shape index (κ2) is 5.52. The number of carbonyl (C=O) groups is 1. The lowest BCUT2D eigenvalue weighted by Gasteiger charge is -2.22. The molecule has 0 saturated carbocycles. The van der Waals surface area contributed by atoms with Gasteiger partial charge in [0.2, 0.25) is 0 Å². The molecule has 1 unspecified atom stereocenters. The van der Waals surface area contributed by atoms with Crippen molar-refractivity contribution >= 4 is 18.2 Å². The average Bonchev–Trinajstić information content (AvgIpc) is 1.88. The Morgan fingerprint density at radius 2 is 2.45 bits per heavy atom. The summed E-state index contributed by atoms with van der Waals surface area (Å²) in [5.41, 5.74) is 0. The monoisotopic (exact) mass is 179 g/mol. The highest BCUT2D eigenvalue weighted by molar-refractivity contribution is 5.85. The fraction of sp³-hybridized carbons (Fsp3) is 0.857. The van der Waals surface area contributed by atoms with Gasteiger partial charge >= 0.3 is 0 Å². The quantitative estimate of drug-likeness (QED) is 0.666. The molecule has 1 fully saturated rings. The van der Waals surface area contributed by atoms with Gasteiger partial charge < -0.3 is 10.1 Å². The van der Waals surface area contributed by atoms with Gasteiger partial charge in [0, 0.05) is 19.5 Å². The van der Waals surface area contributed by atoms with Gasteiger partial charge in [0.15, 0.2) is 0 Å². The van der Waals surface area contributed by atoms with Crippen LogP contribution >= 0.6 is 12.4 Å². The molecule has 1 atom stereocenters. The van der Waals surface area contributed by atoms with Crippen molar-refractivity contribution in [2.24, 2.45) is 0 Å². The van der Waals surface area contributed by atoms with Crippen molar-refractivity contribution in [3.63, 3.8) is 0 Å². The van der Waals surface area contributed by atoms with Gasteiger partial charge in [0.05, 0.1) is 12.7 Å². The van der Waals surface area contributed by atoms with E-state index in [0.717, 1.165) is 19.7 Å². The number of morpholine rings is 1. The Labute approximate surface area is 72.9 Å². The highest BCUT2D eigenvalue weighted by atomic mass is 35.5. The molecule has 4 heteroatoms. The van der Waals surface area contributed by atoms with Crippen LogP contribution in [-0.4, -0.2) is 31.6 Å². The summed E-state index contributed by atoms with van der Waals surface area (Å²) in [6.07, 6.45) is 0.666. The molecule has 0 radical (unpaired) electrons. The molecule has 66 valence electrons. The summed E-state index contributed by atoms with van der Waals surface area (Å²) in [4.78, 5) is 10.6. The molecule has 11 heavy (non-hydrogen) atoms. The molecule has 0 aromatic carbocycles. The summed E-state index contributed by atoms with van der Waals surface area (Å²) in [6.45, 7) is 4.06. The molecule has 0 aromatic rings. The van der Waals surface area contributed by atoms with Crippen molar-refractivity contribution in [3.8, 4) is 0 Å². The van der Waals surface area contributed by atoms with Crippen LogP contribution in [0.4, 0.5) is 0 Å². The van der Waals surface area contributed by atoms with Gasteiger partial charge in [-0.05, 0) is 6.92 Å². The van der Waals surface area contributed by atoms with E-state index in [2.05, 4.69) is 5.32 Å². The largest absolute Gasteiger partial charge is 0.375 e. The SMILES string of the molecule is CC(=O)CC1CNCCO1.Cl. The third-order valence-electron chi connectivity index (χ3n) is 1.52. The van der Waals surface area contributed by atoms with Crippen LogP contribution < -0.4 is 5.32 Å². The predicted octanol–water partition coefficient (Wildman–Crippen LogP) is 0.376. The van der Waals surface area contributed by atoms with Gasteiger partial charge in [-0.25, -0.2) is 0 Å². The van der Waals surface area contributed by atoms with Crippen LogP contribution in [0.2, 0.25) is 0 Å². The number of carbonyl (C=O) groups excluding carboxylic acids is 1. The van der Waals surface area contributed by atoms with Crippen molar-refractivity contribution in [3.05, 3.63) is 0 Å². The summed E-state index contributed by atoms with van der Waals surface area (Å²) < 4.78 is 5.31. The van der Waals surface area contributed by atoms with Crippen LogP contribution in [-0.2, 0) is 9.53 Å². The first kappa shape index (κ1) is 10.9. The maximum Gasteiger partial charge on any atom is 0.132 e. The van der Waals surface area contributed by atoms with Crippen LogP contribution in [0.3, 0.4) is 0 Å². The van der Waals surface area contributed by atoms with Crippen molar-refractivity contribution in [1.29, 1.82) is 0 Å². The van der Waals surface area contributed by atoms with E-state index in [-0.39, 0.29) is 24.3 Å². The molecule has 3 nitrogen and oxygen atoms in total. The van der Waals surface area contributed by atoms with E-state index >= 15 is 0 Å². The zero-order chi connectivity index (χ0) is 7.40. The van der Waals surface area contributed by atoms with E-state index in [1.54, 1.807) is 6.92 Å². The summed E-state index contributed by atoms with van der Waals surface area (Å²) in [5.74, 6) is 0.203. The summed E-state index contributed by atoms with van der Waals surface area (Å²) in [6, 6.07) is 0. The van der Waals surface area contributed by atoms with Gasteiger partial charge in [0.25, 0.3) is 0 Å². The zero-order valence-electron chi connectivity index (χ0n) is 6.63. The molecule has 1 aliphatic rings. The smallest absolute Gasteiger partial charge is 0.132 e. The summed E-state index contributed by atoms with van der Waals surface area (Å²) in [5, 5.41) is 3.16. The molecule has 0 amide bonds. The van der Waals surface area contributed by atoms with Gasteiger partial charge in [-0.2, -0.15) is 0 Å². The lowest BCUT2D eigenvalue weighted by Crippen LogP contribution is -2.39. The second-order valence-electron chi connectivity index (χ2n) is 2.60. The first-order valence-electron chi connectivity index (χ1n) is 3.61. The first-order chi connectivity index (χ1) is 4.79. The molecule has 0 aromatic heterocycles. The van der Waals surface area contributed by atoms with Gasteiger partial charge in [-0.15, -0.1) is 12.4 Å². The fourth-order valence-electron chi connectivity index (χ4n) is 1.07. The third-order valence-corrected chi connectivity index (χ3v) is 1.52. The maximum atomic E-state index is 10.6. The number of hydrogen-bond donors (Lipinski definition) is 1. The number of rotatable bonds is 2. The lowest BCUT2D eigenvalue weighted by atomic mass is 10.2. The second-order valence-corrected chi connectivity index (χ2v) is 2.60. The molecule has 1 rings (SSSR count). The Morgan fingerprint density at radius 3 is 2.91 bits per heavy atom. The molecule has 0 bridgehead atoms. The standard InChI is InChI=1S/C7H13NO2.ClH/c1-6(9)4-7-5-8-2-3-10-7;/h7-8H,2-5H2,1H3;1H. The van der Waals surface area contributed by atoms with Crippen LogP contribution in [0.1, 0.15) is 13.3 Å². The number of halogens is 1. The summed E-state index contributed by atoms with van der Waals surface area (Å²) in [7, 11) is 0. The van der Waals surface area contributed by atoms with Crippen molar-refractivity contribution < 1.29 is 9.53 Å². The van der Waals surface area contributed by atoms with Crippen LogP contribution in [0, 0.1) is 0 Å². The minimum absolute atomic E-state index is 0. The molecule has 0 aliphatic carbocycles. The van der Waals surface area contributed by atoms with E-state index < -0.39 is 0 Å². The highest BCUT2D eigenvalue weighted by Crippen LogP contribution is 2.00. The van der Waals surface area contributed by atoms with E-state index in [0.29, 0.717) is 6.42 Å². The minimum Gasteiger partial charge on any atom is -0.375 e. The van der Waals surface area contributed by atoms with Crippen LogP contribution in [0.15, 0.2) is 0 Å². The normalized spacial score (nSPS) is 23.9. The Balaban J connectivity index is 0.000001000. The van der Waals surface area contributed by atoms with Crippen LogP contribution in [0.25, 0.3) is 0 Å². The fourth-order valence-corrected chi connectivity index (χ4v) is 1.07. The third kappa shape index (κ3) is 4.35. The lowest BCUT2D eigenvalue weighted by molar-refractivity contribution is -0.120. The zero-order valence-corrected chi connectivity index (χ0v) is 7.45. The Hall–Kier alpha value is -0.120. The van der Waals surface area contributed by atoms with Gasteiger partial charge in [-0.1, -0.05) is 0 Å². The highest BCUT2D eigenvalue weighted by Gasteiger charge is 2.14. The van der Waals surface area contributed by atoms with E-state index in [9.17, 15) is 4.79 Å². The van der Waals surface area contributed by atoms with Crippen molar-refractivity contribution in [2.45, 2.75) is 19.4 Å². The molecule has 1 saturated heterocycles. The van der Waals surface area contributed by atoms with Crippen molar-refractivity contribution in [2.75, 3.05) is 19.7 Å². The Kier molecular flexibility index (Phi) is 5.46. The molecular weight excluding hydrogens is 166 g/mol. The number of ether oxygens (including phenoxy) is 1. The average molecular weight is 180 g/mol. The molecule has 1 N–H and O–H groups in total. The number of Topliss-reactive ketones (excluding diaryl/α,β-unsaturated/α-hetero) is 1. The minimum atomic E-state index is 0. The summed E-state index contributed by atoms with van der Waals surface area (Å²) >= 11 is 0. The Bertz CT molecular complexity index is 124. The maximum absolute atomic E-state index is 10.6. The van der Waals surface area contributed by atoms with E-state index in [1.807, 2.05) is 0 Å². The van der Waals surface area contributed by atoms with Gasteiger partial charge in [-0.3, -0.25) is 4.79 Å². The van der Waals surface area contributed by atoms with Crippen molar-refractivity contribution in [1.82, 2.24) is 5.32 Å². The van der Waals surface area contributed by atoms with E-state index in [1.165, 1.54) is 0 Å². The van der Waals surface area contributed by atoms with Gasteiger partial charge in [0.1, 0.15) is 5.78 Å². The topological polar surface area (TPSA) is 38.3 Å². The Morgan fingerprint density at radius 1 is 1.73 bits per heavy atom. The molecular formula is C7H14ClNO2. The molecule has 1 aliphatic heterocycles. The predicted molar refractivity (Wildman–Crippen MR) is 45.2 cm³/mol. The molecule has 1 heterocycles. The number of nitrogens with one attached hydrogen (secondary N) is 1. The van der Waals surface area contributed by atoms with Crippen LogP contribution in [0.5, 0.6) is 0 Å². The number of ketones is 1. The number of hydrogen-bond acceptors (Lipinski definition) is 3. The molecule has 0 spiro atoms.